The number of amides is 1. The summed E-state index contributed by atoms with van der Waals surface area (Å²) in [5.74, 6) is 1.67. The van der Waals surface area contributed by atoms with Crippen molar-refractivity contribution in [3.8, 4) is 0 Å². The van der Waals surface area contributed by atoms with Crippen LogP contribution in [0.1, 0.15) is 15.9 Å². The number of aromatic nitrogens is 2. The van der Waals surface area contributed by atoms with E-state index in [1.807, 2.05) is 23.9 Å². The number of carbonyl (C=O) groups is 1. The van der Waals surface area contributed by atoms with Gasteiger partial charge in [0.2, 0.25) is 5.95 Å². The van der Waals surface area contributed by atoms with Crippen molar-refractivity contribution in [1.29, 1.82) is 0 Å². The summed E-state index contributed by atoms with van der Waals surface area (Å²) in [5.41, 5.74) is 3.25. The second-order valence-corrected chi connectivity index (χ2v) is 9.25. The van der Waals surface area contributed by atoms with Gasteiger partial charge in [-0.1, -0.05) is 23.7 Å². The van der Waals surface area contributed by atoms with Gasteiger partial charge in [0.15, 0.2) is 5.82 Å². The molecule has 4 rings (SSSR count). The second kappa shape index (κ2) is 11.5. The van der Waals surface area contributed by atoms with Gasteiger partial charge in [0.1, 0.15) is 5.02 Å². The van der Waals surface area contributed by atoms with Crippen LogP contribution in [-0.2, 0) is 11.3 Å². The number of carbonyl (C=O) groups excluding carboxylic acids is 1. The van der Waals surface area contributed by atoms with Crippen molar-refractivity contribution in [3.63, 3.8) is 0 Å². The van der Waals surface area contributed by atoms with Crippen molar-refractivity contribution < 1.29 is 9.53 Å². The first-order chi connectivity index (χ1) is 16.6. The molecule has 3 aromatic rings. The molecule has 2 heterocycles. The lowest BCUT2D eigenvalue weighted by atomic mass is 10.1. The molecule has 0 radical (unpaired) electrons. The Morgan fingerprint density at radius 1 is 1.24 bits per heavy atom. The Labute approximate surface area is 208 Å². The summed E-state index contributed by atoms with van der Waals surface area (Å²) in [4.78, 5) is 24.8. The third-order valence-corrected chi connectivity index (χ3v) is 6.76. The number of halogens is 1. The van der Waals surface area contributed by atoms with E-state index in [1.54, 1.807) is 32.4 Å². The molecule has 0 saturated heterocycles. The van der Waals surface area contributed by atoms with E-state index >= 15 is 0 Å². The van der Waals surface area contributed by atoms with Gasteiger partial charge in [-0.25, -0.2) is 4.98 Å². The molecule has 0 atom stereocenters. The zero-order chi connectivity index (χ0) is 23.9. The molecule has 0 bridgehead atoms. The molecule has 3 N–H and O–H groups in total. The molecule has 178 valence electrons. The van der Waals surface area contributed by atoms with Crippen LogP contribution >= 0.6 is 23.4 Å². The smallest absolute Gasteiger partial charge is 0.253 e. The van der Waals surface area contributed by atoms with Gasteiger partial charge < -0.3 is 20.7 Å². The molecule has 1 amide bonds. The van der Waals surface area contributed by atoms with E-state index in [0.717, 1.165) is 37.7 Å². The molecule has 8 nitrogen and oxygen atoms in total. The van der Waals surface area contributed by atoms with Gasteiger partial charge in [0, 0.05) is 50.1 Å². The van der Waals surface area contributed by atoms with Crippen LogP contribution in [0.2, 0.25) is 5.02 Å². The Morgan fingerprint density at radius 3 is 2.91 bits per heavy atom. The van der Waals surface area contributed by atoms with Crippen LogP contribution in [-0.4, -0.2) is 60.4 Å². The highest BCUT2D eigenvalue weighted by atomic mass is 35.5. The molecule has 2 aromatic carbocycles. The number of fused-ring (bicyclic) bond motifs is 1. The average Bonchev–Trinajstić information content (AvgIpc) is 3.06. The Bertz CT molecular complexity index is 1160. The second-order valence-electron chi connectivity index (χ2n) is 7.70. The summed E-state index contributed by atoms with van der Waals surface area (Å²) in [5, 5.41) is 9.43. The van der Waals surface area contributed by atoms with Crippen LogP contribution in [0.4, 0.5) is 23.1 Å². The minimum Gasteiger partial charge on any atom is -0.383 e. The first-order valence-corrected chi connectivity index (χ1v) is 12.3. The van der Waals surface area contributed by atoms with Crippen LogP contribution in [0.3, 0.4) is 0 Å². The number of anilines is 4. The number of hydrogen-bond donors (Lipinski definition) is 3. The predicted molar refractivity (Wildman–Crippen MR) is 138 cm³/mol. The summed E-state index contributed by atoms with van der Waals surface area (Å²) < 4.78 is 5.25. The lowest BCUT2D eigenvalue weighted by Gasteiger charge is -2.19. The molecule has 34 heavy (non-hydrogen) atoms. The number of nitrogens with zero attached hydrogens (tertiary/aromatic N) is 3. The quantitative estimate of drug-likeness (QED) is 0.417. The summed E-state index contributed by atoms with van der Waals surface area (Å²) in [6, 6.07) is 13.5. The average molecular weight is 499 g/mol. The molecule has 1 aromatic heterocycles. The van der Waals surface area contributed by atoms with Crippen LogP contribution in [0.15, 0.2) is 53.6 Å². The summed E-state index contributed by atoms with van der Waals surface area (Å²) in [6.07, 6.45) is 1.54. The van der Waals surface area contributed by atoms with E-state index in [0.29, 0.717) is 28.0 Å². The first kappa shape index (κ1) is 24.3. The number of para-hydroxylation sites is 1. The van der Waals surface area contributed by atoms with Crippen molar-refractivity contribution in [2.45, 2.75) is 11.4 Å². The van der Waals surface area contributed by atoms with Crippen molar-refractivity contribution in [1.82, 2.24) is 20.2 Å². The maximum Gasteiger partial charge on any atom is 0.253 e. The minimum absolute atomic E-state index is 0.200. The maximum atomic E-state index is 12.2. The predicted octanol–water partition coefficient (Wildman–Crippen LogP) is 4.53. The molecule has 0 saturated carbocycles. The third-order valence-electron chi connectivity index (χ3n) is 5.38. The van der Waals surface area contributed by atoms with E-state index in [1.165, 1.54) is 16.7 Å². The lowest BCUT2D eigenvalue weighted by Crippen LogP contribution is -2.28. The Morgan fingerprint density at radius 2 is 2.09 bits per heavy atom. The maximum absolute atomic E-state index is 12.2. The molecular weight excluding hydrogens is 472 g/mol. The van der Waals surface area contributed by atoms with Crippen LogP contribution in [0.25, 0.3) is 0 Å². The standard InChI is InChI=1S/C24H27ClN6O2S/c1-26-23(32)18-5-3-4-6-20(18)29-22-19(25)14-27-24(30-22)28-17-7-8-21-16(13-17)15-31(9-11-33-2)10-12-34-21/h3-8,13-14H,9-12,15H2,1-2H3,(H,26,32)(H2,27,28,29,30). The summed E-state index contributed by atoms with van der Waals surface area (Å²) in [7, 11) is 3.32. The number of hydrogen-bond acceptors (Lipinski definition) is 8. The lowest BCUT2D eigenvalue weighted by molar-refractivity contribution is 0.0964. The van der Waals surface area contributed by atoms with Crippen molar-refractivity contribution in [2.24, 2.45) is 0 Å². The SMILES string of the molecule is CNC(=O)c1ccccc1Nc1nc(Nc2ccc3c(c2)CN(CCOC)CCS3)ncc1Cl. The van der Waals surface area contributed by atoms with Gasteiger partial charge in [0.05, 0.1) is 24.1 Å². The zero-order valence-corrected chi connectivity index (χ0v) is 20.7. The Balaban J connectivity index is 1.53. The van der Waals surface area contributed by atoms with Crippen LogP contribution < -0.4 is 16.0 Å². The molecule has 10 heteroatoms. The van der Waals surface area contributed by atoms with E-state index in [2.05, 4.69) is 43.0 Å². The fraction of sp³-hybridized carbons (Fsp3) is 0.292. The van der Waals surface area contributed by atoms with Gasteiger partial charge in [-0.2, -0.15) is 4.98 Å². The molecular formula is C24H27ClN6O2S. The number of methoxy groups -OCH3 is 1. The third kappa shape index (κ3) is 5.98. The largest absolute Gasteiger partial charge is 0.383 e. The molecule has 0 spiro atoms. The van der Waals surface area contributed by atoms with Crippen LogP contribution in [0.5, 0.6) is 0 Å². The normalized spacial score (nSPS) is 13.6. The van der Waals surface area contributed by atoms with Crippen molar-refractivity contribution in [2.75, 3.05) is 50.2 Å². The topological polar surface area (TPSA) is 91.4 Å². The van der Waals surface area contributed by atoms with E-state index < -0.39 is 0 Å². The van der Waals surface area contributed by atoms with E-state index in [9.17, 15) is 4.79 Å². The molecule has 1 aliphatic heterocycles. The highest BCUT2D eigenvalue weighted by Crippen LogP contribution is 2.31. The van der Waals surface area contributed by atoms with Crippen molar-refractivity contribution >= 4 is 52.4 Å². The number of ether oxygens (including phenoxy) is 1. The summed E-state index contributed by atoms with van der Waals surface area (Å²) in [6.45, 7) is 3.51. The summed E-state index contributed by atoms with van der Waals surface area (Å²) >= 11 is 8.22. The van der Waals surface area contributed by atoms with Gasteiger partial charge in [0.25, 0.3) is 5.91 Å². The van der Waals surface area contributed by atoms with E-state index in [4.69, 9.17) is 16.3 Å². The highest BCUT2D eigenvalue weighted by molar-refractivity contribution is 7.99. The molecule has 0 fully saturated rings. The van der Waals surface area contributed by atoms with Crippen molar-refractivity contribution in [3.05, 3.63) is 64.8 Å². The zero-order valence-electron chi connectivity index (χ0n) is 19.1. The van der Waals surface area contributed by atoms with Gasteiger partial charge in [-0.05, 0) is 35.9 Å². The minimum atomic E-state index is -0.200. The van der Waals surface area contributed by atoms with Gasteiger partial charge in [-0.15, -0.1) is 11.8 Å². The molecule has 0 aliphatic carbocycles. The van der Waals surface area contributed by atoms with E-state index in [-0.39, 0.29) is 5.91 Å². The molecule has 0 unspecified atom stereocenters. The monoisotopic (exact) mass is 498 g/mol. The molecule has 1 aliphatic rings. The number of benzene rings is 2. The van der Waals surface area contributed by atoms with Gasteiger partial charge in [-0.3, -0.25) is 9.69 Å². The number of rotatable bonds is 8. The Kier molecular flexibility index (Phi) is 8.23. The number of nitrogens with one attached hydrogen (secondary N) is 3. The fourth-order valence-corrected chi connectivity index (χ4v) is 4.81. The fourth-order valence-electron chi connectivity index (χ4n) is 3.63. The highest BCUT2D eigenvalue weighted by Gasteiger charge is 2.16. The number of thioether (sulfide) groups is 1. The van der Waals surface area contributed by atoms with Gasteiger partial charge >= 0.3 is 0 Å². The first-order valence-electron chi connectivity index (χ1n) is 10.9. The van der Waals surface area contributed by atoms with Crippen LogP contribution in [0, 0.1) is 0 Å². The Hall–Kier alpha value is -2.85.